The first-order valence-electron chi connectivity index (χ1n) is 7.89. The molecule has 2 fully saturated rings. The van der Waals surface area contributed by atoms with Crippen molar-refractivity contribution in [3.8, 4) is 6.07 Å². The molecule has 1 aromatic rings. The van der Waals surface area contributed by atoms with Gasteiger partial charge in [0.1, 0.15) is 5.82 Å². The topological polar surface area (TPSA) is 39.1 Å². The Bertz CT molecular complexity index is 527. The van der Waals surface area contributed by atoms with Crippen molar-refractivity contribution in [2.75, 3.05) is 19.6 Å². The van der Waals surface area contributed by atoms with Gasteiger partial charge in [-0.3, -0.25) is 4.90 Å². The molecular formula is C17H22FN3. The molecule has 1 aromatic carbocycles. The number of hydrogen-bond donors (Lipinski definition) is 1. The monoisotopic (exact) mass is 287 g/mol. The van der Waals surface area contributed by atoms with Gasteiger partial charge in [0.15, 0.2) is 0 Å². The Hall–Kier alpha value is -1.44. The van der Waals surface area contributed by atoms with Crippen LogP contribution in [0.15, 0.2) is 18.2 Å². The highest BCUT2D eigenvalue weighted by atomic mass is 19.1. The fraction of sp³-hybridized carbons (Fsp3) is 0.588. The highest BCUT2D eigenvalue weighted by Crippen LogP contribution is 2.30. The van der Waals surface area contributed by atoms with Gasteiger partial charge in [-0.15, -0.1) is 0 Å². The zero-order valence-electron chi connectivity index (χ0n) is 12.3. The molecule has 0 amide bonds. The lowest BCUT2D eigenvalue weighted by atomic mass is 9.98. The molecule has 112 valence electrons. The van der Waals surface area contributed by atoms with E-state index in [1.807, 2.05) is 0 Å². The maximum Gasteiger partial charge on any atom is 0.127 e. The summed E-state index contributed by atoms with van der Waals surface area (Å²) < 4.78 is 14.0. The maximum atomic E-state index is 14.0. The number of piperidine rings is 1. The molecule has 1 heterocycles. The maximum absolute atomic E-state index is 14.0. The summed E-state index contributed by atoms with van der Waals surface area (Å²) in [7, 11) is 0. The van der Waals surface area contributed by atoms with Gasteiger partial charge in [0, 0.05) is 24.7 Å². The van der Waals surface area contributed by atoms with Crippen molar-refractivity contribution in [2.24, 2.45) is 5.92 Å². The van der Waals surface area contributed by atoms with Crippen LogP contribution in [0.5, 0.6) is 0 Å². The van der Waals surface area contributed by atoms with Gasteiger partial charge in [-0.2, -0.15) is 5.26 Å². The Morgan fingerprint density at radius 3 is 2.86 bits per heavy atom. The number of nitrogens with one attached hydrogen (secondary N) is 1. The van der Waals surface area contributed by atoms with Crippen LogP contribution in [0.25, 0.3) is 0 Å². The van der Waals surface area contributed by atoms with Crippen molar-refractivity contribution >= 4 is 0 Å². The minimum Gasteiger partial charge on any atom is -0.316 e. The van der Waals surface area contributed by atoms with Crippen molar-refractivity contribution in [3.05, 3.63) is 35.1 Å². The lowest BCUT2D eigenvalue weighted by Crippen LogP contribution is -2.39. The zero-order valence-corrected chi connectivity index (χ0v) is 12.3. The first kappa shape index (κ1) is 14.5. The Morgan fingerprint density at radius 1 is 1.33 bits per heavy atom. The first-order valence-corrected chi connectivity index (χ1v) is 7.89. The van der Waals surface area contributed by atoms with Crippen LogP contribution >= 0.6 is 0 Å². The molecule has 1 aliphatic heterocycles. The normalized spacial score (nSPS) is 22.2. The van der Waals surface area contributed by atoms with Gasteiger partial charge in [0.25, 0.3) is 0 Å². The molecular weight excluding hydrogens is 265 g/mol. The van der Waals surface area contributed by atoms with Crippen LogP contribution in [0.2, 0.25) is 0 Å². The Balaban J connectivity index is 1.68. The molecule has 0 bridgehead atoms. The lowest BCUT2D eigenvalue weighted by Gasteiger charge is -2.30. The minimum absolute atomic E-state index is 0.193. The first-order chi connectivity index (χ1) is 10.3. The van der Waals surface area contributed by atoms with Crippen molar-refractivity contribution in [1.29, 1.82) is 5.26 Å². The Morgan fingerprint density at radius 2 is 2.19 bits per heavy atom. The third-order valence-corrected chi connectivity index (χ3v) is 4.50. The summed E-state index contributed by atoms with van der Waals surface area (Å²) in [6, 6.07) is 7.37. The quantitative estimate of drug-likeness (QED) is 0.905. The molecule has 0 spiro atoms. The van der Waals surface area contributed by atoms with E-state index in [1.54, 1.807) is 12.1 Å². The molecule has 21 heavy (non-hydrogen) atoms. The van der Waals surface area contributed by atoms with Gasteiger partial charge in [-0.1, -0.05) is 0 Å². The second-order valence-electron chi connectivity index (χ2n) is 6.29. The molecule has 1 saturated heterocycles. The van der Waals surface area contributed by atoms with Crippen LogP contribution in [-0.2, 0) is 6.54 Å². The standard InChI is InChI=1S/C17H22FN3/c18-17-6-3-13(9-19)8-15(17)12-21(16-4-5-16)11-14-2-1-7-20-10-14/h3,6,8,14,16,20H,1-2,4-5,7,10-12H2. The highest BCUT2D eigenvalue weighted by Gasteiger charge is 2.31. The predicted molar refractivity (Wildman–Crippen MR) is 80.1 cm³/mol. The molecule has 2 aliphatic rings. The summed E-state index contributed by atoms with van der Waals surface area (Å²) in [6.45, 7) is 3.86. The van der Waals surface area contributed by atoms with Crippen LogP contribution < -0.4 is 5.32 Å². The molecule has 1 unspecified atom stereocenters. The van der Waals surface area contributed by atoms with Gasteiger partial charge in [0.05, 0.1) is 11.6 Å². The van der Waals surface area contributed by atoms with E-state index in [-0.39, 0.29) is 5.82 Å². The summed E-state index contributed by atoms with van der Waals surface area (Å²) in [5.74, 6) is 0.475. The summed E-state index contributed by atoms with van der Waals surface area (Å²) in [5, 5.41) is 12.4. The molecule has 1 aliphatic carbocycles. The van der Waals surface area contributed by atoms with Gasteiger partial charge in [-0.25, -0.2) is 4.39 Å². The summed E-state index contributed by atoms with van der Waals surface area (Å²) in [4.78, 5) is 2.41. The predicted octanol–water partition coefficient (Wildman–Crippen LogP) is 2.66. The van der Waals surface area contributed by atoms with Gasteiger partial charge >= 0.3 is 0 Å². The van der Waals surface area contributed by atoms with E-state index in [9.17, 15) is 4.39 Å². The Labute approximate surface area is 125 Å². The lowest BCUT2D eigenvalue weighted by molar-refractivity contribution is 0.191. The summed E-state index contributed by atoms with van der Waals surface area (Å²) >= 11 is 0. The highest BCUT2D eigenvalue weighted by molar-refractivity contribution is 5.33. The number of halogens is 1. The summed E-state index contributed by atoms with van der Waals surface area (Å²) in [5.41, 5.74) is 1.20. The molecule has 1 atom stereocenters. The van der Waals surface area contributed by atoms with Crippen LogP contribution in [0.4, 0.5) is 4.39 Å². The van der Waals surface area contributed by atoms with E-state index in [1.165, 1.54) is 31.7 Å². The number of benzene rings is 1. The zero-order chi connectivity index (χ0) is 14.7. The average molecular weight is 287 g/mol. The van der Waals surface area contributed by atoms with E-state index in [4.69, 9.17) is 5.26 Å². The largest absolute Gasteiger partial charge is 0.316 e. The van der Waals surface area contributed by atoms with E-state index in [2.05, 4.69) is 16.3 Å². The van der Waals surface area contributed by atoms with Crippen molar-refractivity contribution in [2.45, 2.75) is 38.3 Å². The van der Waals surface area contributed by atoms with Gasteiger partial charge in [-0.05, 0) is 62.9 Å². The molecule has 4 heteroatoms. The fourth-order valence-corrected chi connectivity index (χ4v) is 3.18. The number of nitriles is 1. The fourth-order valence-electron chi connectivity index (χ4n) is 3.18. The number of nitrogens with zero attached hydrogens (tertiary/aromatic N) is 2. The van der Waals surface area contributed by atoms with Gasteiger partial charge < -0.3 is 5.32 Å². The second kappa shape index (κ2) is 6.55. The van der Waals surface area contributed by atoms with Crippen molar-refractivity contribution < 1.29 is 4.39 Å². The minimum atomic E-state index is -0.193. The van der Waals surface area contributed by atoms with Gasteiger partial charge in [0.2, 0.25) is 0 Å². The SMILES string of the molecule is N#Cc1ccc(F)c(CN(CC2CCCNC2)C2CC2)c1. The summed E-state index contributed by atoms with van der Waals surface area (Å²) in [6.07, 6.45) is 4.94. The second-order valence-corrected chi connectivity index (χ2v) is 6.29. The van der Waals surface area contributed by atoms with Crippen LogP contribution in [0.1, 0.15) is 36.8 Å². The molecule has 3 rings (SSSR count). The molecule has 1 saturated carbocycles. The van der Waals surface area contributed by atoms with Crippen molar-refractivity contribution in [3.63, 3.8) is 0 Å². The van der Waals surface area contributed by atoms with E-state index >= 15 is 0 Å². The average Bonchev–Trinajstić information content (AvgIpc) is 3.34. The third kappa shape index (κ3) is 3.81. The van der Waals surface area contributed by atoms with Crippen molar-refractivity contribution in [1.82, 2.24) is 10.2 Å². The van der Waals surface area contributed by atoms with Crippen LogP contribution in [-0.4, -0.2) is 30.6 Å². The van der Waals surface area contributed by atoms with Crippen LogP contribution in [0, 0.1) is 23.1 Å². The Kier molecular flexibility index (Phi) is 4.52. The molecule has 3 nitrogen and oxygen atoms in total. The molecule has 0 radical (unpaired) electrons. The smallest absolute Gasteiger partial charge is 0.127 e. The van der Waals surface area contributed by atoms with E-state index in [0.29, 0.717) is 29.6 Å². The number of rotatable bonds is 5. The van der Waals surface area contributed by atoms with E-state index < -0.39 is 0 Å². The van der Waals surface area contributed by atoms with Crippen LogP contribution in [0.3, 0.4) is 0 Å². The third-order valence-electron chi connectivity index (χ3n) is 4.50. The molecule has 0 aromatic heterocycles. The van der Waals surface area contributed by atoms with E-state index in [0.717, 1.165) is 19.6 Å². The molecule has 1 N–H and O–H groups in total. The number of hydrogen-bond acceptors (Lipinski definition) is 3.